The highest BCUT2D eigenvalue weighted by Gasteiger charge is 2.07. The second-order valence-electron chi connectivity index (χ2n) is 4.88. The fourth-order valence-corrected chi connectivity index (χ4v) is 1.49. The van der Waals surface area contributed by atoms with Crippen molar-refractivity contribution in [2.75, 3.05) is 13.6 Å². The van der Waals surface area contributed by atoms with Gasteiger partial charge in [0.25, 0.3) is 0 Å². The SMILES string of the molecule is CNC(=O)NC(=O)CCn1cc(CNCC(C)C)nn1. The van der Waals surface area contributed by atoms with Crippen LogP contribution in [0.2, 0.25) is 0 Å². The van der Waals surface area contributed by atoms with Crippen LogP contribution in [0.25, 0.3) is 0 Å². The highest BCUT2D eigenvalue weighted by atomic mass is 16.2. The van der Waals surface area contributed by atoms with Gasteiger partial charge in [-0.2, -0.15) is 0 Å². The lowest BCUT2D eigenvalue weighted by Gasteiger charge is -2.04. The summed E-state index contributed by atoms with van der Waals surface area (Å²) >= 11 is 0. The minimum Gasteiger partial charge on any atom is -0.341 e. The van der Waals surface area contributed by atoms with Crippen molar-refractivity contribution in [3.63, 3.8) is 0 Å². The Hall–Kier alpha value is -1.96. The standard InChI is InChI=1S/C12H22N6O2/c1-9(2)6-14-7-10-8-18(17-16-10)5-4-11(19)15-12(20)13-3/h8-9,14H,4-7H2,1-3H3,(H2,13,15,19,20). The van der Waals surface area contributed by atoms with Crippen LogP contribution in [0.4, 0.5) is 4.79 Å². The van der Waals surface area contributed by atoms with Crippen LogP contribution in [0.5, 0.6) is 0 Å². The van der Waals surface area contributed by atoms with E-state index < -0.39 is 6.03 Å². The molecule has 0 unspecified atom stereocenters. The van der Waals surface area contributed by atoms with E-state index in [1.165, 1.54) is 7.05 Å². The molecule has 112 valence electrons. The Kier molecular flexibility index (Phi) is 6.65. The van der Waals surface area contributed by atoms with Crippen molar-refractivity contribution in [2.24, 2.45) is 5.92 Å². The van der Waals surface area contributed by atoms with Crippen LogP contribution in [0, 0.1) is 5.92 Å². The maximum Gasteiger partial charge on any atom is 0.321 e. The molecule has 3 amide bonds. The molecule has 1 aromatic rings. The van der Waals surface area contributed by atoms with E-state index in [9.17, 15) is 9.59 Å². The van der Waals surface area contributed by atoms with Gasteiger partial charge in [-0.05, 0) is 12.5 Å². The second-order valence-corrected chi connectivity index (χ2v) is 4.88. The van der Waals surface area contributed by atoms with Gasteiger partial charge in [-0.1, -0.05) is 19.1 Å². The van der Waals surface area contributed by atoms with Gasteiger partial charge in [-0.25, -0.2) is 4.79 Å². The van der Waals surface area contributed by atoms with Crippen LogP contribution in [-0.4, -0.2) is 40.5 Å². The van der Waals surface area contributed by atoms with Crippen LogP contribution in [-0.2, 0) is 17.9 Å². The molecule has 0 atom stereocenters. The molecule has 0 spiro atoms. The van der Waals surface area contributed by atoms with E-state index in [1.807, 2.05) is 0 Å². The van der Waals surface area contributed by atoms with Crippen LogP contribution in [0.15, 0.2) is 6.20 Å². The number of aromatic nitrogens is 3. The van der Waals surface area contributed by atoms with Crippen molar-refractivity contribution in [3.05, 3.63) is 11.9 Å². The molecule has 0 aliphatic heterocycles. The topological polar surface area (TPSA) is 101 Å². The average molecular weight is 282 g/mol. The van der Waals surface area contributed by atoms with Gasteiger partial charge in [0.05, 0.1) is 12.2 Å². The number of urea groups is 1. The summed E-state index contributed by atoms with van der Waals surface area (Å²) in [4.78, 5) is 22.3. The van der Waals surface area contributed by atoms with Crippen molar-refractivity contribution in [2.45, 2.75) is 33.4 Å². The fourth-order valence-electron chi connectivity index (χ4n) is 1.49. The summed E-state index contributed by atoms with van der Waals surface area (Å²) in [6, 6.07) is -0.507. The van der Waals surface area contributed by atoms with Crippen LogP contribution < -0.4 is 16.0 Å². The third-order valence-electron chi connectivity index (χ3n) is 2.49. The van der Waals surface area contributed by atoms with Gasteiger partial charge in [0.15, 0.2) is 0 Å². The Morgan fingerprint density at radius 1 is 1.40 bits per heavy atom. The van der Waals surface area contributed by atoms with Gasteiger partial charge in [0, 0.05) is 26.2 Å². The number of carbonyl (C=O) groups excluding carboxylic acids is 2. The highest BCUT2D eigenvalue weighted by molar-refractivity contribution is 5.94. The monoisotopic (exact) mass is 282 g/mol. The number of rotatable bonds is 7. The molecule has 0 saturated carbocycles. The maximum absolute atomic E-state index is 11.4. The molecular formula is C12H22N6O2. The Morgan fingerprint density at radius 3 is 2.80 bits per heavy atom. The molecule has 1 rings (SSSR count). The molecule has 0 radical (unpaired) electrons. The lowest BCUT2D eigenvalue weighted by Crippen LogP contribution is -2.37. The predicted octanol–water partition coefficient (Wildman–Crippen LogP) is -0.131. The maximum atomic E-state index is 11.4. The number of aryl methyl sites for hydroxylation is 1. The quantitative estimate of drug-likeness (QED) is 0.646. The van der Waals surface area contributed by atoms with Gasteiger partial charge in [-0.3, -0.25) is 14.8 Å². The number of hydrogen-bond acceptors (Lipinski definition) is 5. The number of amides is 3. The van der Waals surface area contributed by atoms with E-state index >= 15 is 0 Å². The van der Waals surface area contributed by atoms with Crippen molar-refractivity contribution in [1.82, 2.24) is 30.9 Å². The number of nitrogens with one attached hydrogen (secondary N) is 3. The molecule has 0 fully saturated rings. The zero-order chi connectivity index (χ0) is 15.0. The van der Waals surface area contributed by atoms with E-state index in [2.05, 4.69) is 40.1 Å². The van der Waals surface area contributed by atoms with E-state index in [0.717, 1.165) is 12.2 Å². The Morgan fingerprint density at radius 2 is 2.15 bits per heavy atom. The minimum atomic E-state index is -0.507. The number of hydrogen-bond donors (Lipinski definition) is 3. The van der Waals surface area contributed by atoms with E-state index in [1.54, 1.807) is 10.9 Å². The van der Waals surface area contributed by atoms with Crippen LogP contribution >= 0.6 is 0 Å². The zero-order valence-electron chi connectivity index (χ0n) is 12.1. The van der Waals surface area contributed by atoms with Crippen molar-refractivity contribution < 1.29 is 9.59 Å². The molecule has 0 aliphatic rings. The summed E-state index contributed by atoms with van der Waals surface area (Å²) in [5, 5.41) is 15.7. The fraction of sp³-hybridized carbons (Fsp3) is 0.667. The zero-order valence-corrected chi connectivity index (χ0v) is 12.1. The van der Waals surface area contributed by atoms with Gasteiger partial charge < -0.3 is 10.6 Å². The van der Waals surface area contributed by atoms with Gasteiger partial charge >= 0.3 is 6.03 Å². The first-order valence-electron chi connectivity index (χ1n) is 6.62. The lowest BCUT2D eigenvalue weighted by molar-refractivity contribution is -0.120. The molecule has 3 N–H and O–H groups in total. The highest BCUT2D eigenvalue weighted by Crippen LogP contribution is 1.96. The second kappa shape index (κ2) is 8.26. The summed E-state index contributed by atoms with van der Waals surface area (Å²) in [5.41, 5.74) is 0.831. The van der Waals surface area contributed by atoms with Crippen molar-refractivity contribution >= 4 is 11.9 Å². The largest absolute Gasteiger partial charge is 0.341 e. The normalized spacial score (nSPS) is 10.6. The number of imide groups is 1. The Balaban J connectivity index is 2.29. The Labute approximate surface area is 118 Å². The summed E-state index contributed by atoms with van der Waals surface area (Å²) in [5.74, 6) is 0.234. The van der Waals surface area contributed by atoms with E-state index in [0.29, 0.717) is 19.0 Å². The molecule has 1 heterocycles. The van der Waals surface area contributed by atoms with Crippen molar-refractivity contribution in [3.8, 4) is 0 Å². The summed E-state index contributed by atoms with van der Waals surface area (Å²) in [7, 11) is 1.45. The third kappa shape index (κ3) is 6.28. The minimum absolute atomic E-state index is 0.176. The molecule has 0 aliphatic carbocycles. The van der Waals surface area contributed by atoms with E-state index in [-0.39, 0.29) is 12.3 Å². The smallest absolute Gasteiger partial charge is 0.321 e. The molecule has 0 aromatic carbocycles. The number of carbonyl (C=O) groups is 2. The average Bonchev–Trinajstić information content (AvgIpc) is 2.83. The Bertz CT molecular complexity index is 443. The summed E-state index contributed by atoms with van der Waals surface area (Å²) in [6.07, 6.45) is 1.97. The summed E-state index contributed by atoms with van der Waals surface area (Å²) in [6.45, 7) is 6.23. The number of nitrogens with zero attached hydrogens (tertiary/aromatic N) is 3. The first-order valence-corrected chi connectivity index (χ1v) is 6.62. The molecule has 20 heavy (non-hydrogen) atoms. The summed E-state index contributed by atoms with van der Waals surface area (Å²) < 4.78 is 1.59. The molecular weight excluding hydrogens is 260 g/mol. The molecule has 8 heteroatoms. The first-order chi connectivity index (χ1) is 9.51. The van der Waals surface area contributed by atoms with Gasteiger partial charge in [0.2, 0.25) is 5.91 Å². The van der Waals surface area contributed by atoms with Gasteiger partial charge in [-0.15, -0.1) is 5.10 Å². The molecule has 1 aromatic heterocycles. The predicted molar refractivity (Wildman–Crippen MR) is 73.8 cm³/mol. The van der Waals surface area contributed by atoms with Crippen LogP contribution in [0.1, 0.15) is 26.0 Å². The van der Waals surface area contributed by atoms with Crippen molar-refractivity contribution in [1.29, 1.82) is 0 Å². The van der Waals surface area contributed by atoms with E-state index in [4.69, 9.17) is 0 Å². The molecule has 8 nitrogen and oxygen atoms in total. The molecule has 0 saturated heterocycles. The first kappa shape index (κ1) is 16.1. The van der Waals surface area contributed by atoms with Gasteiger partial charge in [0.1, 0.15) is 0 Å². The molecule has 0 bridgehead atoms. The lowest BCUT2D eigenvalue weighted by atomic mass is 10.2. The third-order valence-corrected chi connectivity index (χ3v) is 2.49. The van der Waals surface area contributed by atoms with Crippen LogP contribution in [0.3, 0.4) is 0 Å².